The van der Waals surface area contributed by atoms with Crippen molar-refractivity contribution in [1.82, 2.24) is 19.9 Å². The highest BCUT2D eigenvalue weighted by atomic mass is 16.2. The maximum atomic E-state index is 14.5. The van der Waals surface area contributed by atoms with Crippen molar-refractivity contribution < 1.29 is 14.4 Å². The van der Waals surface area contributed by atoms with Gasteiger partial charge >= 0.3 is 0 Å². The van der Waals surface area contributed by atoms with Crippen LogP contribution in [0.4, 0.5) is 11.4 Å². The number of nitrogens with one attached hydrogen (secondary N) is 4. The summed E-state index contributed by atoms with van der Waals surface area (Å²) in [5, 5.41) is 6.26. The third kappa shape index (κ3) is 20.8. The smallest absolute Gasteiger partial charge is 0.255 e. The third-order valence-corrected chi connectivity index (χ3v) is 21.8. The van der Waals surface area contributed by atoms with E-state index in [0.29, 0.717) is 35.3 Å². The number of aromatic nitrogens is 4. The van der Waals surface area contributed by atoms with Crippen LogP contribution in [-0.4, -0.2) is 37.5 Å². The first-order valence-electron chi connectivity index (χ1n) is 40.0. The van der Waals surface area contributed by atoms with Crippen molar-refractivity contribution in [2.45, 2.75) is 149 Å². The van der Waals surface area contributed by atoms with Crippen molar-refractivity contribution in [2.24, 2.45) is 5.92 Å². The SMILES string of the molecule is C=C1c2[nH]c3c(c4nc(c(-c5ccc(C(=O)Nc6ccc(/C=C/C(C)=C/C=C/C(C)=C/C=C/C=C(C)/C=C/C=C(C)/C=C/C)cc6)cc5)c5[nH]c(cc6nc(c2-c2ccc(C(=O)Nc7ccc(/C=C/C(C)=C/C=C/C(C)=C/C=C/C=C(C)/C=C/C=C(C)/C=C/C)cc7)cc2)C(C)=C6C)c(C)c5C)C(C)=C4C)CC(C(C)=O)C13CCC. The molecule has 4 aliphatic rings. The van der Waals surface area contributed by atoms with E-state index in [1.165, 1.54) is 22.3 Å². The minimum atomic E-state index is -0.768. The molecule has 2 atom stereocenters. The van der Waals surface area contributed by atoms with Crippen LogP contribution < -0.4 is 10.6 Å². The normalized spacial score (nSPS) is 16.9. The van der Waals surface area contributed by atoms with Crippen LogP contribution >= 0.6 is 0 Å². The molecule has 8 bridgehead atoms. The summed E-state index contributed by atoms with van der Waals surface area (Å²) in [4.78, 5) is 62.1. The van der Waals surface area contributed by atoms with Gasteiger partial charge in [0, 0.05) is 56.2 Å². The number of anilines is 2. The molecule has 115 heavy (non-hydrogen) atoms. The first kappa shape index (κ1) is 84.9. The summed E-state index contributed by atoms with van der Waals surface area (Å²) in [5.74, 6) is -0.794. The molecule has 0 spiro atoms. The van der Waals surface area contributed by atoms with E-state index in [1.807, 2.05) is 123 Å². The molecule has 0 radical (unpaired) electrons. The molecular formula is C106H112N6O3. The Balaban J connectivity index is 0.907. The van der Waals surface area contributed by atoms with E-state index in [1.54, 1.807) is 6.92 Å². The quantitative estimate of drug-likeness (QED) is 0.0381. The minimum Gasteiger partial charge on any atom is -0.357 e. The van der Waals surface area contributed by atoms with Gasteiger partial charge in [-0.3, -0.25) is 14.4 Å². The molecule has 0 saturated heterocycles. The van der Waals surface area contributed by atoms with Crippen LogP contribution in [0.3, 0.4) is 0 Å². The zero-order chi connectivity index (χ0) is 82.6. The van der Waals surface area contributed by atoms with Crippen molar-refractivity contribution in [3.05, 3.63) is 385 Å². The lowest BCUT2D eigenvalue weighted by atomic mass is 9.67. The molecule has 10 rings (SSSR count). The van der Waals surface area contributed by atoms with Gasteiger partial charge in [-0.1, -0.05) is 283 Å². The Hall–Kier alpha value is -12.6. The van der Waals surface area contributed by atoms with Crippen LogP contribution in [0.2, 0.25) is 0 Å². The molecule has 9 nitrogen and oxygen atoms in total. The summed E-state index contributed by atoms with van der Waals surface area (Å²) in [6, 6.07) is 33.4. The van der Waals surface area contributed by atoms with E-state index >= 15 is 0 Å². The lowest BCUT2D eigenvalue weighted by Gasteiger charge is -2.33. The molecule has 6 aromatic rings. The second kappa shape index (κ2) is 39.2. The number of ketones is 1. The number of H-pyrrole nitrogens is 2. The molecule has 2 unspecified atom stereocenters. The van der Waals surface area contributed by atoms with E-state index in [-0.39, 0.29) is 17.6 Å². The maximum absolute atomic E-state index is 14.5. The monoisotopic (exact) mass is 1520 g/mol. The van der Waals surface area contributed by atoms with Gasteiger partial charge in [0.05, 0.1) is 34.0 Å². The van der Waals surface area contributed by atoms with Crippen LogP contribution in [0.5, 0.6) is 0 Å². The molecule has 584 valence electrons. The number of fused-ring (bicyclic) bond motifs is 8. The van der Waals surface area contributed by atoms with Crippen LogP contribution in [0.15, 0.2) is 312 Å². The number of allylic oxidation sites excluding steroid dienone is 39. The van der Waals surface area contributed by atoms with E-state index in [9.17, 15) is 14.4 Å². The average molecular weight is 1520 g/mol. The highest BCUT2D eigenvalue weighted by Crippen LogP contribution is 2.59. The Labute approximate surface area is 683 Å². The number of benzene rings is 4. The molecule has 4 aromatic carbocycles. The zero-order valence-corrected chi connectivity index (χ0v) is 70.5. The van der Waals surface area contributed by atoms with Crippen LogP contribution in [-0.2, 0) is 16.6 Å². The number of hydrogen-bond donors (Lipinski definition) is 4. The van der Waals surface area contributed by atoms with E-state index in [0.717, 1.165) is 152 Å². The highest BCUT2D eigenvalue weighted by Gasteiger charge is 2.55. The van der Waals surface area contributed by atoms with E-state index in [2.05, 4.69) is 289 Å². The van der Waals surface area contributed by atoms with Crippen molar-refractivity contribution in [3.63, 3.8) is 0 Å². The fraction of sp³-hybridized carbons (Fsp3) is 0.217. The zero-order valence-electron chi connectivity index (χ0n) is 70.5. The summed E-state index contributed by atoms with van der Waals surface area (Å²) < 4.78 is 0. The van der Waals surface area contributed by atoms with Gasteiger partial charge < -0.3 is 20.6 Å². The fourth-order valence-electron chi connectivity index (χ4n) is 14.9. The number of hydrogen-bond acceptors (Lipinski definition) is 5. The Bertz CT molecular complexity index is 5660. The van der Waals surface area contributed by atoms with Crippen molar-refractivity contribution >= 4 is 80.0 Å². The minimum absolute atomic E-state index is 0.0893. The van der Waals surface area contributed by atoms with Gasteiger partial charge in [0.2, 0.25) is 0 Å². The highest BCUT2D eigenvalue weighted by molar-refractivity contribution is 6.08. The first-order valence-corrected chi connectivity index (χ1v) is 40.0. The van der Waals surface area contributed by atoms with Crippen molar-refractivity contribution in [3.8, 4) is 22.3 Å². The fourth-order valence-corrected chi connectivity index (χ4v) is 14.9. The molecule has 1 aliphatic carbocycles. The van der Waals surface area contributed by atoms with Crippen molar-refractivity contribution in [1.29, 1.82) is 0 Å². The number of aryl methyl sites for hydroxylation is 2. The van der Waals surface area contributed by atoms with Gasteiger partial charge in [-0.25, -0.2) is 9.97 Å². The maximum Gasteiger partial charge on any atom is 0.255 e. The summed E-state index contributed by atoms with van der Waals surface area (Å²) >= 11 is 0. The third-order valence-electron chi connectivity index (χ3n) is 21.8. The topological polar surface area (TPSA) is 133 Å². The Morgan fingerprint density at radius 1 is 0.461 bits per heavy atom. The number of carbonyl (C=O) groups is 3. The first-order chi connectivity index (χ1) is 55.2. The molecule has 0 saturated carbocycles. The molecular weight excluding hydrogens is 1410 g/mol. The molecule has 2 amide bonds. The summed E-state index contributed by atoms with van der Waals surface area (Å²) in [6.07, 6.45) is 60.2. The molecule has 5 heterocycles. The Morgan fingerprint density at radius 3 is 1.28 bits per heavy atom. The second-order valence-corrected chi connectivity index (χ2v) is 30.6. The Morgan fingerprint density at radius 2 is 0.852 bits per heavy atom. The van der Waals surface area contributed by atoms with Crippen LogP contribution in [0, 0.1) is 19.8 Å². The second-order valence-electron chi connectivity index (χ2n) is 30.6. The van der Waals surface area contributed by atoms with Crippen molar-refractivity contribution in [2.75, 3.05) is 10.6 Å². The van der Waals surface area contributed by atoms with Gasteiger partial charge in [-0.05, 0) is 252 Å². The standard InChI is InChI=1S/C106H112N6O3/c1-20-31-68(4)37-27-39-70(6)33-23-25-35-72(8)41-29-43-74(10)45-47-84-49-61-90(62-50-84)107-104(114)88-57-53-86(54-58-88)96-99-78(14)76(12)94(109-99)67-95-77(13)79(15)100(110-95)97(102-82(18)106(65-22-3)93(83(19)113)66-92(103(106)112-102)98-80(16)81(17)101(96)111-98)87-55-59-89(60-56-87)105(115)108-91-63-51-85(52-64-91)48-46-75(11)44-30-42-73(9)36-26-24-34-71(7)40-28-38-69(5)32-21-2/h20-21,23-64,67,93,109,112H,18,22,65-66H2,1-17,19H3,(H,107,114)(H,108,115)/b25-23+,26-24+,31-20+,32-21+,39-27+,40-28+,41-29+,42-30+,47-45+,48-46+,68-37+,69-38+,70-33+,71-34+,72-35+,73-36+,74-43+,75-44+,95-67?,101-96?,102-97?. The van der Waals surface area contributed by atoms with E-state index in [4.69, 9.17) is 16.5 Å². The number of amides is 2. The van der Waals surface area contributed by atoms with Gasteiger partial charge in [-0.2, -0.15) is 0 Å². The average Bonchev–Trinajstić information content (AvgIpc) is 1.53. The van der Waals surface area contributed by atoms with Gasteiger partial charge in [0.15, 0.2) is 0 Å². The van der Waals surface area contributed by atoms with Gasteiger partial charge in [0.1, 0.15) is 5.78 Å². The van der Waals surface area contributed by atoms with E-state index < -0.39 is 11.3 Å². The van der Waals surface area contributed by atoms with Gasteiger partial charge in [-0.15, -0.1) is 0 Å². The lowest BCUT2D eigenvalue weighted by molar-refractivity contribution is -0.121. The van der Waals surface area contributed by atoms with Crippen LogP contribution in [0.1, 0.15) is 206 Å². The predicted octanol–water partition coefficient (Wildman–Crippen LogP) is 28.0. The van der Waals surface area contributed by atoms with Crippen LogP contribution in [0.25, 0.3) is 73.3 Å². The summed E-state index contributed by atoms with van der Waals surface area (Å²) in [7, 11) is 0. The largest absolute Gasteiger partial charge is 0.357 e. The number of Topliss-reactive ketones (excluding diaryl/α,β-unsaturated/α-hetero) is 1. The lowest BCUT2D eigenvalue weighted by Crippen LogP contribution is -2.35. The predicted molar refractivity (Wildman–Crippen MR) is 494 cm³/mol. The molecule has 3 aliphatic heterocycles. The molecule has 2 aromatic heterocycles. The number of aromatic amines is 2. The van der Waals surface area contributed by atoms with Gasteiger partial charge in [0.25, 0.3) is 11.8 Å². The molecule has 4 N–H and O–H groups in total. The Kier molecular flexibility index (Phi) is 29.0. The molecule has 0 fully saturated rings. The number of nitrogens with zero attached hydrogens (tertiary/aromatic N) is 2. The summed E-state index contributed by atoms with van der Waals surface area (Å²) in [6.45, 7) is 42.4. The summed E-state index contributed by atoms with van der Waals surface area (Å²) in [5.41, 5.74) is 31.2. The number of rotatable bonds is 27. The number of carbonyl (C=O) groups excluding carboxylic acids is 3. The molecule has 9 heteroatoms.